The highest BCUT2D eigenvalue weighted by Crippen LogP contribution is 2.25. The van der Waals surface area contributed by atoms with Crippen LogP contribution in [0.1, 0.15) is 36.8 Å². The van der Waals surface area contributed by atoms with Gasteiger partial charge in [0, 0.05) is 25.5 Å². The lowest BCUT2D eigenvalue weighted by Crippen LogP contribution is -2.08. The fraction of sp³-hybridized carbons (Fsp3) is 0.300. The Morgan fingerprint density at radius 3 is 1.03 bits per heavy atom. The molecular formula is C20H18F8N4. The molecule has 2 rings (SSSR count). The maximum atomic E-state index is 13.6. The first kappa shape index (κ1) is 25.1. The van der Waals surface area contributed by atoms with E-state index < -0.39 is 69.0 Å². The number of rotatable bonds is 9. The number of hydrogen-bond acceptors (Lipinski definition) is 4. The van der Waals surface area contributed by atoms with Gasteiger partial charge in [-0.3, -0.25) is 9.98 Å². The zero-order valence-corrected chi connectivity index (χ0v) is 16.5. The van der Waals surface area contributed by atoms with Gasteiger partial charge in [0.15, 0.2) is 46.5 Å². The second-order valence-corrected chi connectivity index (χ2v) is 6.65. The third kappa shape index (κ3) is 5.35. The summed E-state index contributed by atoms with van der Waals surface area (Å²) in [7, 11) is 0. The molecule has 0 aliphatic rings. The van der Waals surface area contributed by atoms with Crippen molar-refractivity contribution < 1.29 is 35.1 Å². The van der Waals surface area contributed by atoms with E-state index in [9.17, 15) is 35.1 Å². The predicted molar refractivity (Wildman–Crippen MR) is 105 cm³/mol. The van der Waals surface area contributed by atoms with Crippen LogP contribution in [0.2, 0.25) is 0 Å². The zero-order chi connectivity index (χ0) is 24.0. The van der Waals surface area contributed by atoms with Gasteiger partial charge in [0.05, 0.1) is 11.1 Å². The average molecular weight is 466 g/mol. The summed E-state index contributed by atoms with van der Waals surface area (Å²) in [6.45, 7) is 0.215. The summed E-state index contributed by atoms with van der Waals surface area (Å²) in [5.41, 5.74) is 5.35. The normalized spacial score (nSPS) is 11.9. The third-order valence-corrected chi connectivity index (χ3v) is 4.43. The molecule has 4 N–H and O–H groups in total. The molecule has 0 unspecified atom stereocenters. The van der Waals surface area contributed by atoms with Crippen molar-refractivity contribution in [3.63, 3.8) is 0 Å². The molecule has 0 aliphatic carbocycles. The minimum absolute atomic E-state index is 0.107. The smallest absolute Gasteiger partial charge is 0.185 e. The van der Waals surface area contributed by atoms with E-state index in [4.69, 9.17) is 11.5 Å². The highest BCUT2D eigenvalue weighted by molar-refractivity contribution is 5.82. The first-order valence-corrected chi connectivity index (χ1v) is 9.32. The van der Waals surface area contributed by atoms with E-state index in [0.29, 0.717) is 38.1 Å². The SMILES string of the molecule is Nc1c(F)c(F)c(C=NCCCCCCN=Cc2c(F)c(F)c(N)c(F)c2F)c(F)c1F. The van der Waals surface area contributed by atoms with E-state index in [1.165, 1.54) is 0 Å². The molecule has 0 aliphatic heterocycles. The van der Waals surface area contributed by atoms with Crippen molar-refractivity contribution in [3.05, 3.63) is 57.7 Å². The van der Waals surface area contributed by atoms with Crippen LogP contribution < -0.4 is 11.5 Å². The summed E-state index contributed by atoms with van der Waals surface area (Å²) in [6.07, 6.45) is 3.43. The lowest BCUT2D eigenvalue weighted by molar-refractivity contribution is 0.458. The highest BCUT2D eigenvalue weighted by atomic mass is 19.2. The number of benzene rings is 2. The fourth-order valence-electron chi connectivity index (χ4n) is 2.63. The molecule has 0 fully saturated rings. The number of hydrogen-bond donors (Lipinski definition) is 2. The molecule has 0 aromatic heterocycles. The lowest BCUT2D eigenvalue weighted by atomic mass is 10.1. The minimum Gasteiger partial charge on any atom is -0.394 e. The van der Waals surface area contributed by atoms with Gasteiger partial charge in [0.1, 0.15) is 11.4 Å². The van der Waals surface area contributed by atoms with Crippen LogP contribution in [0.4, 0.5) is 46.5 Å². The molecule has 2 aromatic carbocycles. The van der Waals surface area contributed by atoms with Gasteiger partial charge < -0.3 is 11.5 Å². The van der Waals surface area contributed by atoms with Gasteiger partial charge >= 0.3 is 0 Å². The van der Waals surface area contributed by atoms with Crippen molar-refractivity contribution in [2.75, 3.05) is 24.6 Å². The molecule has 0 saturated heterocycles. The number of nitrogen functional groups attached to an aromatic ring is 2. The van der Waals surface area contributed by atoms with Crippen molar-refractivity contribution in [2.45, 2.75) is 25.7 Å². The monoisotopic (exact) mass is 466 g/mol. The predicted octanol–water partition coefficient (Wildman–Crippen LogP) is 5.06. The number of unbranched alkanes of at least 4 members (excludes halogenated alkanes) is 3. The Balaban J connectivity index is 1.78. The zero-order valence-electron chi connectivity index (χ0n) is 16.5. The summed E-state index contributed by atoms with van der Waals surface area (Å²) in [4.78, 5) is 7.44. The Morgan fingerprint density at radius 2 is 0.750 bits per heavy atom. The largest absolute Gasteiger partial charge is 0.394 e. The maximum absolute atomic E-state index is 13.6. The molecule has 0 atom stereocenters. The molecule has 174 valence electrons. The molecular weight excluding hydrogens is 448 g/mol. The van der Waals surface area contributed by atoms with Crippen LogP contribution in [0.15, 0.2) is 9.98 Å². The number of halogens is 8. The van der Waals surface area contributed by atoms with Gasteiger partial charge in [-0.05, 0) is 12.8 Å². The first-order chi connectivity index (χ1) is 15.1. The second kappa shape index (κ2) is 10.9. The molecule has 12 heteroatoms. The summed E-state index contributed by atoms with van der Waals surface area (Å²) in [5, 5.41) is 0. The van der Waals surface area contributed by atoms with E-state index in [1.54, 1.807) is 0 Å². The van der Waals surface area contributed by atoms with Crippen LogP contribution in [0.25, 0.3) is 0 Å². The van der Waals surface area contributed by atoms with Gasteiger partial charge in [0.2, 0.25) is 0 Å². The molecule has 32 heavy (non-hydrogen) atoms. The van der Waals surface area contributed by atoms with Crippen molar-refractivity contribution in [3.8, 4) is 0 Å². The quantitative estimate of drug-likeness (QED) is 0.178. The Hall–Kier alpha value is -3.18. The summed E-state index contributed by atoms with van der Waals surface area (Å²) >= 11 is 0. The molecule has 2 aromatic rings. The van der Waals surface area contributed by atoms with Crippen LogP contribution in [0.3, 0.4) is 0 Å². The van der Waals surface area contributed by atoms with Gasteiger partial charge in [-0.15, -0.1) is 0 Å². The number of anilines is 2. The summed E-state index contributed by atoms with van der Waals surface area (Å²) in [6, 6.07) is 0. The molecule has 0 heterocycles. The number of nitrogens with zero attached hydrogens (tertiary/aromatic N) is 2. The number of nitrogens with two attached hydrogens (primary N) is 2. The van der Waals surface area contributed by atoms with Gasteiger partial charge in [-0.1, -0.05) is 12.8 Å². The number of aliphatic imine (C=N–C) groups is 2. The first-order valence-electron chi connectivity index (χ1n) is 9.32. The van der Waals surface area contributed by atoms with Crippen molar-refractivity contribution >= 4 is 23.8 Å². The lowest BCUT2D eigenvalue weighted by Gasteiger charge is -2.06. The molecule has 0 amide bonds. The summed E-state index contributed by atoms with van der Waals surface area (Å²) in [5.74, 6) is -13.4. The van der Waals surface area contributed by atoms with Gasteiger partial charge in [-0.2, -0.15) is 0 Å². The fourth-order valence-corrected chi connectivity index (χ4v) is 2.63. The maximum Gasteiger partial charge on any atom is 0.185 e. The van der Waals surface area contributed by atoms with Crippen LogP contribution in [-0.2, 0) is 0 Å². The molecule has 0 radical (unpaired) electrons. The Labute approximate surface area is 177 Å². The standard InChI is InChI=1S/C20H18F8N4/c21-11-9(12(22)16(26)19(29)15(11)25)7-31-5-3-1-2-4-6-32-8-10-13(23)17(27)20(30)18(28)14(10)24/h7-8H,1-6,29-30H2. The van der Waals surface area contributed by atoms with E-state index in [0.717, 1.165) is 0 Å². The van der Waals surface area contributed by atoms with E-state index >= 15 is 0 Å². The third-order valence-electron chi connectivity index (χ3n) is 4.43. The highest BCUT2D eigenvalue weighted by Gasteiger charge is 2.23. The Bertz CT molecular complexity index is 911. The Kier molecular flexibility index (Phi) is 8.56. The van der Waals surface area contributed by atoms with Crippen LogP contribution in [0.5, 0.6) is 0 Å². The Morgan fingerprint density at radius 1 is 0.469 bits per heavy atom. The van der Waals surface area contributed by atoms with Crippen molar-refractivity contribution in [1.82, 2.24) is 0 Å². The van der Waals surface area contributed by atoms with E-state index in [1.807, 2.05) is 0 Å². The second-order valence-electron chi connectivity index (χ2n) is 6.65. The van der Waals surface area contributed by atoms with Crippen LogP contribution in [-0.4, -0.2) is 25.5 Å². The topological polar surface area (TPSA) is 76.8 Å². The van der Waals surface area contributed by atoms with Crippen molar-refractivity contribution in [1.29, 1.82) is 0 Å². The van der Waals surface area contributed by atoms with E-state index in [2.05, 4.69) is 9.98 Å². The molecule has 0 spiro atoms. The minimum atomic E-state index is -1.70. The van der Waals surface area contributed by atoms with Crippen LogP contribution >= 0.6 is 0 Å². The van der Waals surface area contributed by atoms with Crippen molar-refractivity contribution in [2.24, 2.45) is 9.98 Å². The molecule has 0 saturated carbocycles. The average Bonchev–Trinajstić information content (AvgIpc) is 2.78. The van der Waals surface area contributed by atoms with Gasteiger partial charge in [-0.25, -0.2) is 35.1 Å². The molecule has 4 nitrogen and oxygen atoms in total. The van der Waals surface area contributed by atoms with Gasteiger partial charge in [0.25, 0.3) is 0 Å². The van der Waals surface area contributed by atoms with E-state index in [-0.39, 0.29) is 13.1 Å². The van der Waals surface area contributed by atoms with Crippen LogP contribution in [0, 0.1) is 46.5 Å². The summed E-state index contributed by atoms with van der Waals surface area (Å²) < 4.78 is 108. The molecule has 0 bridgehead atoms.